The molecule has 0 aliphatic carbocycles. The third-order valence-corrected chi connectivity index (χ3v) is 2.80. The number of nitrogens with two attached hydrogens (primary N) is 1. The molecule has 0 bridgehead atoms. The van der Waals surface area contributed by atoms with Crippen LogP contribution in [0.25, 0.3) is 0 Å². The van der Waals surface area contributed by atoms with Crippen LogP contribution >= 0.6 is 11.8 Å². The van der Waals surface area contributed by atoms with E-state index in [-0.39, 0.29) is 18.2 Å². The summed E-state index contributed by atoms with van der Waals surface area (Å²) in [5, 5.41) is 7.82. The van der Waals surface area contributed by atoms with Crippen LogP contribution in [-0.4, -0.2) is 39.8 Å². The Balaban J connectivity index is 2.47. The fourth-order valence-electron chi connectivity index (χ4n) is 1.18. The lowest BCUT2D eigenvalue weighted by Crippen LogP contribution is -2.32. The Kier molecular flexibility index (Phi) is 6.16. The van der Waals surface area contributed by atoms with Crippen LogP contribution in [0.4, 0.5) is 0 Å². The van der Waals surface area contributed by atoms with Crippen LogP contribution in [0.2, 0.25) is 0 Å². The van der Waals surface area contributed by atoms with Crippen molar-refractivity contribution in [2.45, 2.75) is 11.8 Å². The SMILES string of the molecule is C=CCN(CC=C)C(=O)CSc1nnc(CN)o1. The first kappa shape index (κ1) is 14.5. The summed E-state index contributed by atoms with van der Waals surface area (Å²) < 4.78 is 5.19. The third-order valence-electron chi connectivity index (χ3n) is 1.99. The van der Waals surface area contributed by atoms with E-state index in [0.717, 1.165) is 0 Å². The van der Waals surface area contributed by atoms with Crippen LogP contribution in [0.3, 0.4) is 0 Å². The fraction of sp³-hybridized carbons (Fsp3) is 0.364. The molecule has 1 amide bonds. The van der Waals surface area contributed by atoms with Crippen LogP contribution < -0.4 is 5.73 Å². The van der Waals surface area contributed by atoms with Gasteiger partial charge in [0.05, 0.1) is 12.3 Å². The molecule has 0 unspecified atom stereocenters. The Morgan fingerprint density at radius 1 is 1.39 bits per heavy atom. The summed E-state index contributed by atoms with van der Waals surface area (Å²) in [6, 6.07) is 0. The molecule has 0 atom stereocenters. The molecule has 0 aliphatic rings. The van der Waals surface area contributed by atoms with E-state index < -0.39 is 0 Å². The Bertz CT molecular complexity index is 409. The average molecular weight is 268 g/mol. The fourth-order valence-corrected chi connectivity index (χ4v) is 1.87. The van der Waals surface area contributed by atoms with E-state index in [9.17, 15) is 4.79 Å². The molecule has 1 aromatic rings. The van der Waals surface area contributed by atoms with Crippen molar-refractivity contribution in [3.05, 3.63) is 31.2 Å². The van der Waals surface area contributed by atoms with Crippen molar-refractivity contribution in [1.29, 1.82) is 0 Å². The monoisotopic (exact) mass is 268 g/mol. The molecule has 18 heavy (non-hydrogen) atoms. The largest absolute Gasteiger partial charge is 0.415 e. The van der Waals surface area contributed by atoms with Gasteiger partial charge < -0.3 is 15.1 Å². The number of hydrogen-bond acceptors (Lipinski definition) is 6. The van der Waals surface area contributed by atoms with Crippen LogP contribution in [0.15, 0.2) is 34.9 Å². The number of amides is 1. The van der Waals surface area contributed by atoms with E-state index in [0.29, 0.717) is 24.2 Å². The number of carbonyl (C=O) groups excluding carboxylic acids is 1. The number of hydrogen-bond donors (Lipinski definition) is 1. The molecule has 0 saturated carbocycles. The van der Waals surface area contributed by atoms with Gasteiger partial charge in [-0.25, -0.2) is 0 Å². The maximum atomic E-state index is 11.9. The molecule has 0 saturated heterocycles. The summed E-state index contributed by atoms with van der Waals surface area (Å²) in [5.74, 6) is 0.555. The predicted octanol–water partition coefficient (Wildman–Crippen LogP) is 0.821. The summed E-state index contributed by atoms with van der Waals surface area (Å²) in [5.41, 5.74) is 5.34. The van der Waals surface area contributed by atoms with Crippen molar-refractivity contribution >= 4 is 17.7 Å². The van der Waals surface area contributed by atoms with E-state index in [2.05, 4.69) is 23.4 Å². The molecule has 2 N–H and O–H groups in total. The number of nitrogens with zero attached hydrogens (tertiary/aromatic N) is 3. The van der Waals surface area contributed by atoms with Gasteiger partial charge in [-0.1, -0.05) is 23.9 Å². The first-order valence-electron chi connectivity index (χ1n) is 5.36. The topological polar surface area (TPSA) is 85.2 Å². The molecule has 1 aromatic heterocycles. The molecule has 0 fully saturated rings. The summed E-state index contributed by atoms with van der Waals surface area (Å²) in [6.45, 7) is 8.39. The highest BCUT2D eigenvalue weighted by molar-refractivity contribution is 7.99. The number of rotatable bonds is 8. The average Bonchev–Trinajstić information content (AvgIpc) is 2.83. The van der Waals surface area contributed by atoms with E-state index >= 15 is 0 Å². The first-order valence-corrected chi connectivity index (χ1v) is 6.34. The molecule has 98 valence electrons. The molecular formula is C11H16N4O2S. The lowest BCUT2D eigenvalue weighted by molar-refractivity contribution is -0.127. The smallest absolute Gasteiger partial charge is 0.277 e. The van der Waals surface area contributed by atoms with Crippen molar-refractivity contribution in [3.63, 3.8) is 0 Å². The normalized spacial score (nSPS) is 10.1. The van der Waals surface area contributed by atoms with Gasteiger partial charge in [-0.3, -0.25) is 4.79 Å². The summed E-state index contributed by atoms with van der Waals surface area (Å²) in [4.78, 5) is 13.5. The van der Waals surface area contributed by atoms with Gasteiger partial charge in [0.15, 0.2) is 0 Å². The second kappa shape index (κ2) is 7.67. The zero-order chi connectivity index (χ0) is 13.4. The summed E-state index contributed by atoms with van der Waals surface area (Å²) >= 11 is 1.19. The summed E-state index contributed by atoms with van der Waals surface area (Å²) in [6.07, 6.45) is 3.34. The van der Waals surface area contributed by atoms with Gasteiger partial charge in [-0.2, -0.15) is 0 Å². The standard InChI is InChI=1S/C11H16N4O2S/c1-3-5-15(6-4-2)10(16)8-18-11-14-13-9(7-12)17-11/h3-4H,1-2,5-8,12H2. The molecule has 6 nitrogen and oxygen atoms in total. The predicted molar refractivity (Wildman–Crippen MR) is 69.9 cm³/mol. The molecule has 0 aromatic carbocycles. The minimum absolute atomic E-state index is 0.0349. The zero-order valence-electron chi connectivity index (χ0n) is 10.0. The van der Waals surface area contributed by atoms with Crippen molar-refractivity contribution in [1.82, 2.24) is 15.1 Å². The van der Waals surface area contributed by atoms with E-state index in [1.165, 1.54) is 11.8 Å². The maximum absolute atomic E-state index is 11.9. The molecule has 7 heteroatoms. The molecule has 0 spiro atoms. The highest BCUT2D eigenvalue weighted by Gasteiger charge is 2.13. The molecular weight excluding hydrogens is 252 g/mol. The molecule has 1 heterocycles. The second-order valence-corrected chi connectivity index (χ2v) is 4.26. The molecule has 0 radical (unpaired) electrons. The second-order valence-electron chi connectivity index (χ2n) is 3.33. The van der Waals surface area contributed by atoms with Gasteiger partial charge in [0.1, 0.15) is 0 Å². The van der Waals surface area contributed by atoms with Gasteiger partial charge >= 0.3 is 0 Å². The van der Waals surface area contributed by atoms with Crippen LogP contribution in [0.5, 0.6) is 0 Å². The first-order chi connectivity index (χ1) is 8.71. The van der Waals surface area contributed by atoms with E-state index in [1.807, 2.05) is 0 Å². The van der Waals surface area contributed by atoms with Crippen molar-refractivity contribution in [2.24, 2.45) is 5.73 Å². The van der Waals surface area contributed by atoms with Crippen LogP contribution in [-0.2, 0) is 11.3 Å². The van der Waals surface area contributed by atoms with Gasteiger partial charge in [0, 0.05) is 13.1 Å². The molecule has 0 aliphatic heterocycles. The van der Waals surface area contributed by atoms with E-state index in [4.69, 9.17) is 10.2 Å². The van der Waals surface area contributed by atoms with Gasteiger partial charge in [-0.15, -0.1) is 23.4 Å². The third kappa shape index (κ3) is 4.34. The lowest BCUT2D eigenvalue weighted by atomic mass is 10.4. The van der Waals surface area contributed by atoms with Crippen molar-refractivity contribution in [2.75, 3.05) is 18.8 Å². The summed E-state index contributed by atoms with van der Waals surface area (Å²) in [7, 11) is 0. The van der Waals surface area contributed by atoms with Crippen LogP contribution in [0, 0.1) is 0 Å². The van der Waals surface area contributed by atoms with Gasteiger partial charge in [-0.05, 0) is 0 Å². The van der Waals surface area contributed by atoms with Crippen LogP contribution in [0.1, 0.15) is 5.89 Å². The Hall–Kier alpha value is -1.60. The highest BCUT2D eigenvalue weighted by Crippen LogP contribution is 2.16. The minimum atomic E-state index is -0.0349. The number of carbonyl (C=O) groups is 1. The van der Waals surface area contributed by atoms with E-state index in [1.54, 1.807) is 17.1 Å². The number of aromatic nitrogens is 2. The van der Waals surface area contributed by atoms with Crippen molar-refractivity contribution in [3.8, 4) is 0 Å². The number of thioether (sulfide) groups is 1. The zero-order valence-corrected chi connectivity index (χ0v) is 10.9. The van der Waals surface area contributed by atoms with Gasteiger partial charge in [0.2, 0.25) is 11.8 Å². The Morgan fingerprint density at radius 3 is 2.56 bits per heavy atom. The van der Waals surface area contributed by atoms with Crippen molar-refractivity contribution < 1.29 is 9.21 Å². The quantitative estimate of drug-likeness (QED) is 0.555. The Morgan fingerprint density at radius 2 is 2.06 bits per heavy atom. The lowest BCUT2D eigenvalue weighted by Gasteiger charge is -2.18. The minimum Gasteiger partial charge on any atom is -0.415 e. The molecule has 1 rings (SSSR count). The highest BCUT2D eigenvalue weighted by atomic mass is 32.2. The maximum Gasteiger partial charge on any atom is 0.277 e. The Labute approximate surface area is 110 Å². The van der Waals surface area contributed by atoms with Gasteiger partial charge in [0.25, 0.3) is 5.22 Å².